The van der Waals surface area contributed by atoms with Crippen LogP contribution in [0.4, 0.5) is 0 Å². The Hall–Kier alpha value is -1.77. The monoisotopic (exact) mass is 216 g/mol. The summed E-state index contributed by atoms with van der Waals surface area (Å²) in [4.78, 5) is 11.2. The van der Waals surface area contributed by atoms with E-state index in [4.69, 9.17) is 0 Å². The summed E-state index contributed by atoms with van der Waals surface area (Å²) >= 11 is 0. The van der Waals surface area contributed by atoms with E-state index >= 15 is 0 Å². The quantitative estimate of drug-likeness (QED) is 0.834. The number of aryl methyl sites for hydroxylation is 2. The molecule has 1 N–H and O–H groups in total. The fourth-order valence-corrected chi connectivity index (χ4v) is 2.00. The molecule has 0 aliphatic rings. The molecule has 3 heteroatoms. The van der Waals surface area contributed by atoms with E-state index < -0.39 is 0 Å². The fraction of sp³-hybridized carbons (Fsp3) is 0.308. The molecule has 84 valence electrons. The van der Waals surface area contributed by atoms with Crippen LogP contribution in [-0.2, 0) is 18.3 Å². The van der Waals surface area contributed by atoms with Crippen molar-refractivity contribution in [3.63, 3.8) is 0 Å². The second kappa shape index (κ2) is 4.39. The molecule has 0 unspecified atom stereocenters. The highest BCUT2D eigenvalue weighted by Gasteiger charge is 2.07. The summed E-state index contributed by atoms with van der Waals surface area (Å²) in [5.74, 6) is 0.0907. The Morgan fingerprint density at radius 1 is 1.38 bits per heavy atom. The summed E-state index contributed by atoms with van der Waals surface area (Å²) < 4.78 is 2.11. The van der Waals surface area contributed by atoms with Crippen LogP contribution in [0, 0.1) is 0 Å². The van der Waals surface area contributed by atoms with Gasteiger partial charge in [-0.15, -0.1) is 0 Å². The van der Waals surface area contributed by atoms with Crippen LogP contribution >= 0.6 is 0 Å². The van der Waals surface area contributed by atoms with Gasteiger partial charge in [0.15, 0.2) is 0 Å². The van der Waals surface area contributed by atoms with Crippen molar-refractivity contribution in [2.75, 3.05) is 7.05 Å². The molecule has 0 bridgehead atoms. The highest BCUT2D eigenvalue weighted by Crippen LogP contribution is 2.21. The van der Waals surface area contributed by atoms with Gasteiger partial charge in [0.1, 0.15) is 0 Å². The lowest BCUT2D eigenvalue weighted by atomic mass is 10.1. The second-order valence-corrected chi connectivity index (χ2v) is 3.96. The summed E-state index contributed by atoms with van der Waals surface area (Å²) in [7, 11) is 3.71. The molecular formula is C13H16N2O. The molecule has 1 aromatic carbocycles. The van der Waals surface area contributed by atoms with E-state index in [-0.39, 0.29) is 5.91 Å². The van der Waals surface area contributed by atoms with Crippen molar-refractivity contribution in [2.45, 2.75) is 12.8 Å². The van der Waals surface area contributed by atoms with Gasteiger partial charge < -0.3 is 9.88 Å². The molecule has 0 saturated carbocycles. The zero-order chi connectivity index (χ0) is 11.5. The number of hydrogen-bond acceptors (Lipinski definition) is 1. The third kappa shape index (κ3) is 1.94. The van der Waals surface area contributed by atoms with Crippen LogP contribution in [0.5, 0.6) is 0 Å². The van der Waals surface area contributed by atoms with E-state index in [1.54, 1.807) is 7.05 Å². The Morgan fingerprint density at radius 2 is 2.12 bits per heavy atom. The van der Waals surface area contributed by atoms with Gasteiger partial charge in [0.2, 0.25) is 5.91 Å². The first-order valence-corrected chi connectivity index (χ1v) is 5.46. The van der Waals surface area contributed by atoms with Crippen LogP contribution < -0.4 is 5.32 Å². The Kier molecular flexibility index (Phi) is 2.95. The molecule has 3 nitrogen and oxygen atoms in total. The van der Waals surface area contributed by atoms with Crippen molar-refractivity contribution in [2.24, 2.45) is 7.05 Å². The number of nitrogens with one attached hydrogen (secondary N) is 1. The van der Waals surface area contributed by atoms with E-state index in [0.717, 1.165) is 6.42 Å². The molecule has 0 aliphatic carbocycles. The van der Waals surface area contributed by atoms with Gasteiger partial charge in [0.05, 0.1) is 0 Å². The van der Waals surface area contributed by atoms with Crippen LogP contribution in [0.3, 0.4) is 0 Å². The van der Waals surface area contributed by atoms with Gasteiger partial charge in [-0.25, -0.2) is 0 Å². The maximum atomic E-state index is 11.2. The third-order valence-electron chi connectivity index (χ3n) is 2.88. The number of carbonyl (C=O) groups excluding carboxylic acids is 1. The van der Waals surface area contributed by atoms with Crippen molar-refractivity contribution in [1.82, 2.24) is 9.88 Å². The van der Waals surface area contributed by atoms with Crippen molar-refractivity contribution >= 4 is 16.8 Å². The van der Waals surface area contributed by atoms with Gasteiger partial charge >= 0.3 is 0 Å². The number of para-hydroxylation sites is 1. The van der Waals surface area contributed by atoms with Crippen molar-refractivity contribution in [3.8, 4) is 0 Å². The Labute approximate surface area is 95.1 Å². The van der Waals surface area contributed by atoms with Crippen molar-refractivity contribution in [3.05, 3.63) is 36.0 Å². The van der Waals surface area contributed by atoms with E-state index in [9.17, 15) is 4.79 Å². The largest absolute Gasteiger partial charge is 0.359 e. The lowest BCUT2D eigenvalue weighted by Crippen LogP contribution is -2.17. The minimum atomic E-state index is 0.0907. The molecule has 0 fully saturated rings. The molecular weight excluding hydrogens is 200 g/mol. The molecule has 0 saturated heterocycles. The number of nitrogens with zero attached hydrogens (tertiary/aromatic N) is 1. The number of hydrogen-bond donors (Lipinski definition) is 1. The van der Waals surface area contributed by atoms with Crippen molar-refractivity contribution < 1.29 is 4.79 Å². The lowest BCUT2D eigenvalue weighted by Gasteiger charge is -1.98. The number of aromatic nitrogens is 1. The molecule has 1 heterocycles. The van der Waals surface area contributed by atoms with Gasteiger partial charge in [0, 0.05) is 37.6 Å². The van der Waals surface area contributed by atoms with Gasteiger partial charge in [0.25, 0.3) is 0 Å². The van der Waals surface area contributed by atoms with Crippen LogP contribution in [0.15, 0.2) is 30.5 Å². The highest BCUT2D eigenvalue weighted by molar-refractivity contribution is 5.84. The summed E-state index contributed by atoms with van der Waals surface area (Å²) in [5, 5.41) is 3.89. The normalized spacial score (nSPS) is 10.6. The second-order valence-electron chi connectivity index (χ2n) is 3.96. The first-order chi connectivity index (χ1) is 7.72. The Bertz CT molecular complexity index is 514. The zero-order valence-electron chi connectivity index (χ0n) is 9.66. The maximum Gasteiger partial charge on any atom is 0.220 e. The molecule has 1 amide bonds. The number of fused-ring (bicyclic) bond motifs is 1. The van der Waals surface area contributed by atoms with Crippen LogP contribution in [-0.4, -0.2) is 17.5 Å². The van der Waals surface area contributed by atoms with E-state index in [2.05, 4.69) is 28.2 Å². The molecule has 1 aromatic heterocycles. The Morgan fingerprint density at radius 3 is 2.88 bits per heavy atom. The van der Waals surface area contributed by atoms with E-state index in [0.29, 0.717) is 6.42 Å². The van der Waals surface area contributed by atoms with Crippen LogP contribution in [0.25, 0.3) is 10.9 Å². The number of benzene rings is 1. The smallest absolute Gasteiger partial charge is 0.220 e. The van der Waals surface area contributed by atoms with E-state index in [1.165, 1.54) is 16.5 Å². The highest BCUT2D eigenvalue weighted by atomic mass is 16.1. The number of amides is 1. The molecule has 0 radical (unpaired) electrons. The average molecular weight is 216 g/mol. The SMILES string of the molecule is CNC(=O)CCc1cn(C)c2ccccc12. The topological polar surface area (TPSA) is 34.0 Å². The molecule has 2 rings (SSSR count). The van der Waals surface area contributed by atoms with Gasteiger partial charge in [-0.3, -0.25) is 4.79 Å². The first kappa shape index (κ1) is 10.7. The molecule has 0 aliphatic heterocycles. The maximum absolute atomic E-state index is 11.2. The summed E-state index contributed by atoms with van der Waals surface area (Å²) in [5.41, 5.74) is 2.45. The Balaban J connectivity index is 2.27. The predicted octanol–water partition coefficient (Wildman–Crippen LogP) is 1.86. The lowest BCUT2D eigenvalue weighted by molar-refractivity contribution is -0.120. The minimum absolute atomic E-state index is 0.0907. The molecule has 0 atom stereocenters. The van der Waals surface area contributed by atoms with Crippen LogP contribution in [0.2, 0.25) is 0 Å². The van der Waals surface area contributed by atoms with Crippen molar-refractivity contribution in [1.29, 1.82) is 0 Å². The van der Waals surface area contributed by atoms with Gasteiger partial charge in [-0.2, -0.15) is 0 Å². The number of rotatable bonds is 3. The fourth-order valence-electron chi connectivity index (χ4n) is 2.00. The van der Waals surface area contributed by atoms with Gasteiger partial charge in [-0.05, 0) is 18.1 Å². The first-order valence-electron chi connectivity index (χ1n) is 5.46. The number of carbonyl (C=O) groups is 1. The van der Waals surface area contributed by atoms with Crippen LogP contribution in [0.1, 0.15) is 12.0 Å². The average Bonchev–Trinajstić information content (AvgIpc) is 2.64. The zero-order valence-corrected chi connectivity index (χ0v) is 9.66. The predicted molar refractivity (Wildman–Crippen MR) is 65.3 cm³/mol. The minimum Gasteiger partial charge on any atom is -0.359 e. The third-order valence-corrected chi connectivity index (χ3v) is 2.88. The van der Waals surface area contributed by atoms with Gasteiger partial charge in [-0.1, -0.05) is 18.2 Å². The molecule has 2 aromatic rings. The van der Waals surface area contributed by atoms with E-state index in [1.807, 2.05) is 19.2 Å². The summed E-state index contributed by atoms with van der Waals surface area (Å²) in [6.07, 6.45) is 3.44. The summed E-state index contributed by atoms with van der Waals surface area (Å²) in [6.45, 7) is 0. The molecule has 0 spiro atoms. The standard InChI is InChI=1S/C13H16N2O/c1-14-13(16)8-7-10-9-15(2)12-6-4-3-5-11(10)12/h3-6,9H,7-8H2,1-2H3,(H,14,16). The molecule has 16 heavy (non-hydrogen) atoms. The summed E-state index contributed by atoms with van der Waals surface area (Å²) in [6, 6.07) is 8.27.